The van der Waals surface area contributed by atoms with Crippen molar-refractivity contribution in [1.82, 2.24) is 15.5 Å². The Bertz CT molecular complexity index is 505. The Labute approximate surface area is 160 Å². The molecule has 0 aliphatic heterocycles. The highest BCUT2D eigenvalue weighted by Crippen LogP contribution is 2.15. The van der Waals surface area contributed by atoms with Gasteiger partial charge < -0.3 is 15.5 Å². The van der Waals surface area contributed by atoms with Gasteiger partial charge in [-0.15, -0.1) is 24.0 Å². The van der Waals surface area contributed by atoms with Crippen LogP contribution in [0, 0.1) is 0 Å². The van der Waals surface area contributed by atoms with Crippen molar-refractivity contribution in [3.63, 3.8) is 0 Å². The van der Waals surface area contributed by atoms with Gasteiger partial charge in [-0.1, -0.05) is 30.7 Å². The van der Waals surface area contributed by atoms with Crippen molar-refractivity contribution >= 4 is 47.4 Å². The van der Waals surface area contributed by atoms with Gasteiger partial charge in [-0.3, -0.25) is 4.79 Å². The lowest BCUT2D eigenvalue weighted by Gasteiger charge is -2.19. The van der Waals surface area contributed by atoms with Gasteiger partial charge in [-0.25, -0.2) is 4.99 Å². The van der Waals surface area contributed by atoms with Crippen molar-refractivity contribution in [3.8, 4) is 0 Å². The normalized spacial score (nSPS) is 12.1. The van der Waals surface area contributed by atoms with Crippen molar-refractivity contribution in [1.29, 1.82) is 0 Å². The zero-order valence-electron chi connectivity index (χ0n) is 14.1. The molecule has 1 rings (SSSR count). The Morgan fingerprint density at radius 1 is 1.30 bits per heavy atom. The Kier molecular flexibility index (Phi) is 11.0. The van der Waals surface area contributed by atoms with Gasteiger partial charge in [0.25, 0.3) is 0 Å². The molecule has 5 nitrogen and oxygen atoms in total. The maximum atomic E-state index is 11.7. The molecule has 1 aromatic carbocycles. The van der Waals surface area contributed by atoms with E-state index in [0.29, 0.717) is 11.0 Å². The maximum Gasteiger partial charge on any atom is 0.243 e. The van der Waals surface area contributed by atoms with Gasteiger partial charge in [0.05, 0.1) is 6.04 Å². The molecule has 1 aromatic rings. The number of amides is 1. The van der Waals surface area contributed by atoms with Crippen molar-refractivity contribution in [3.05, 3.63) is 34.9 Å². The Morgan fingerprint density at radius 3 is 2.43 bits per heavy atom. The second kappa shape index (κ2) is 11.5. The van der Waals surface area contributed by atoms with E-state index in [9.17, 15) is 4.79 Å². The minimum Gasteiger partial charge on any atom is -0.356 e. The summed E-state index contributed by atoms with van der Waals surface area (Å²) >= 11 is 5.91. The van der Waals surface area contributed by atoms with Crippen molar-refractivity contribution in [2.75, 3.05) is 27.2 Å². The summed E-state index contributed by atoms with van der Waals surface area (Å²) in [5.41, 5.74) is 1.11. The van der Waals surface area contributed by atoms with Crippen LogP contribution < -0.4 is 10.6 Å². The third-order valence-electron chi connectivity index (χ3n) is 3.14. The van der Waals surface area contributed by atoms with Gasteiger partial charge in [0, 0.05) is 25.7 Å². The Morgan fingerprint density at radius 2 is 1.91 bits per heavy atom. The predicted octanol–water partition coefficient (Wildman–Crippen LogP) is 3.05. The number of halogens is 2. The molecule has 0 radical (unpaired) electrons. The summed E-state index contributed by atoms with van der Waals surface area (Å²) in [6.07, 6.45) is 0.984. The Hall–Kier alpha value is -1.02. The molecule has 23 heavy (non-hydrogen) atoms. The summed E-state index contributed by atoms with van der Waals surface area (Å²) in [6.45, 7) is 5.05. The van der Waals surface area contributed by atoms with E-state index < -0.39 is 0 Å². The molecule has 0 heterocycles. The summed E-state index contributed by atoms with van der Waals surface area (Å²) < 4.78 is 0. The first-order valence-electron chi connectivity index (χ1n) is 7.44. The van der Waals surface area contributed by atoms with Gasteiger partial charge in [0.1, 0.15) is 6.54 Å². The first-order chi connectivity index (χ1) is 10.4. The molecule has 0 bridgehead atoms. The predicted molar refractivity (Wildman–Crippen MR) is 108 cm³/mol. The van der Waals surface area contributed by atoms with Crippen LogP contribution in [0.5, 0.6) is 0 Å². The number of likely N-dealkylation sites (N-methyl/N-ethyl adjacent to an activating group) is 1. The molecule has 0 aliphatic carbocycles. The third kappa shape index (κ3) is 8.41. The summed E-state index contributed by atoms with van der Waals surface area (Å²) in [5, 5.41) is 7.24. The molecule has 0 aromatic heterocycles. The van der Waals surface area contributed by atoms with E-state index >= 15 is 0 Å². The quantitative estimate of drug-likeness (QED) is 0.396. The summed E-state index contributed by atoms with van der Waals surface area (Å²) in [7, 11) is 3.45. The topological polar surface area (TPSA) is 56.7 Å². The standard InChI is InChI=1S/C16H25ClN4O.HI/c1-5-10-18-16(19-11-15(22)21(3)4)20-12(2)13-6-8-14(17)9-7-13;/h6-9,12H,5,10-11H2,1-4H3,(H2,18,19,20);1H. The largest absolute Gasteiger partial charge is 0.356 e. The van der Waals surface area contributed by atoms with Crippen LogP contribution in [0.15, 0.2) is 29.3 Å². The number of hydrogen-bond acceptors (Lipinski definition) is 2. The summed E-state index contributed by atoms with van der Waals surface area (Å²) in [6, 6.07) is 7.74. The smallest absolute Gasteiger partial charge is 0.243 e. The molecule has 0 spiro atoms. The van der Waals surface area contributed by atoms with Crippen molar-refractivity contribution < 1.29 is 4.79 Å². The van der Waals surface area contributed by atoms with E-state index in [1.54, 1.807) is 14.1 Å². The molecule has 1 amide bonds. The fraction of sp³-hybridized carbons (Fsp3) is 0.500. The first kappa shape index (κ1) is 22.0. The van der Waals surface area contributed by atoms with E-state index in [4.69, 9.17) is 11.6 Å². The van der Waals surface area contributed by atoms with Crippen LogP contribution in [0.2, 0.25) is 5.02 Å². The number of nitrogens with one attached hydrogen (secondary N) is 2. The monoisotopic (exact) mass is 452 g/mol. The second-order valence-electron chi connectivity index (χ2n) is 5.30. The van der Waals surface area contributed by atoms with Crippen LogP contribution in [0.3, 0.4) is 0 Å². The lowest BCUT2D eigenvalue weighted by atomic mass is 10.1. The molecular weight excluding hydrogens is 427 g/mol. The average Bonchev–Trinajstić information content (AvgIpc) is 2.49. The number of hydrogen-bond donors (Lipinski definition) is 2. The maximum absolute atomic E-state index is 11.7. The van der Waals surface area contributed by atoms with Gasteiger partial charge in [0.15, 0.2) is 5.96 Å². The molecule has 0 fully saturated rings. The number of guanidine groups is 1. The molecule has 2 N–H and O–H groups in total. The fourth-order valence-corrected chi connectivity index (χ4v) is 1.85. The van der Waals surface area contributed by atoms with Crippen LogP contribution in [0.4, 0.5) is 0 Å². The first-order valence-corrected chi connectivity index (χ1v) is 7.82. The SMILES string of the molecule is CCCNC(=NCC(=O)N(C)C)NC(C)c1ccc(Cl)cc1.I. The number of carbonyl (C=O) groups is 1. The lowest BCUT2D eigenvalue weighted by molar-refractivity contribution is -0.127. The molecule has 1 unspecified atom stereocenters. The molecule has 0 saturated carbocycles. The third-order valence-corrected chi connectivity index (χ3v) is 3.39. The van der Waals surface area contributed by atoms with Crippen molar-refractivity contribution in [2.45, 2.75) is 26.3 Å². The summed E-state index contributed by atoms with van der Waals surface area (Å²) in [4.78, 5) is 17.5. The highest BCUT2D eigenvalue weighted by Gasteiger charge is 2.09. The van der Waals surface area contributed by atoms with E-state index in [0.717, 1.165) is 18.5 Å². The number of aliphatic imine (C=N–C) groups is 1. The molecule has 0 saturated heterocycles. The van der Waals surface area contributed by atoms with E-state index in [-0.39, 0.29) is 42.5 Å². The second-order valence-corrected chi connectivity index (χ2v) is 5.73. The van der Waals surface area contributed by atoms with Crippen LogP contribution in [0.25, 0.3) is 0 Å². The average molecular weight is 453 g/mol. The minimum atomic E-state index is -0.0308. The lowest BCUT2D eigenvalue weighted by Crippen LogP contribution is -2.40. The molecule has 7 heteroatoms. The van der Waals surface area contributed by atoms with Crippen LogP contribution in [-0.2, 0) is 4.79 Å². The van der Waals surface area contributed by atoms with E-state index in [1.165, 1.54) is 4.90 Å². The van der Waals surface area contributed by atoms with Gasteiger partial charge in [-0.05, 0) is 31.0 Å². The Balaban J connectivity index is 0.00000484. The molecule has 130 valence electrons. The molecule has 1 atom stereocenters. The molecular formula is C16H26ClIN4O. The van der Waals surface area contributed by atoms with Gasteiger partial charge in [-0.2, -0.15) is 0 Å². The highest BCUT2D eigenvalue weighted by atomic mass is 127. The number of benzene rings is 1. The van der Waals surface area contributed by atoms with E-state index in [1.807, 2.05) is 31.2 Å². The fourth-order valence-electron chi connectivity index (χ4n) is 1.72. The van der Waals surface area contributed by atoms with Gasteiger partial charge >= 0.3 is 0 Å². The zero-order chi connectivity index (χ0) is 16.5. The molecule has 0 aliphatic rings. The number of nitrogens with zero attached hydrogens (tertiary/aromatic N) is 2. The van der Waals surface area contributed by atoms with Crippen LogP contribution in [-0.4, -0.2) is 44.0 Å². The summed E-state index contributed by atoms with van der Waals surface area (Å²) in [5.74, 6) is 0.608. The number of carbonyl (C=O) groups excluding carboxylic acids is 1. The number of rotatable bonds is 6. The van der Waals surface area contributed by atoms with Gasteiger partial charge in [0.2, 0.25) is 5.91 Å². The van der Waals surface area contributed by atoms with Crippen LogP contribution in [0.1, 0.15) is 31.9 Å². The van der Waals surface area contributed by atoms with E-state index in [2.05, 4.69) is 22.5 Å². The minimum absolute atomic E-state index is 0. The van der Waals surface area contributed by atoms with Crippen molar-refractivity contribution in [2.24, 2.45) is 4.99 Å². The highest BCUT2D eigenvalue weighted by molar-refractivity contribution is 14.0. The van der Waals surface area contributed by atoms with Crippen LogP contribution >= 0.6 is 35.6 Å². The zero-order valence-corrected chi connectivity index (χ0v) is 17.2.